The standard InChI is InChI=1S/C14H13ClN4S/c1-8-4-3-5-16-11(8)7-17-12-10-6-9(2)20-13(10)19-14(15)18-12/h3-6H,7H2,1-2H3,(H,17,18,19). The molecule has 0 unspecified atom stereocenters. The second-order valence-corrected chi connectivity index (χ2v) is 6.11. The summed E-state index contributed by atoms with van der Waals surface area (Å²) in [5.74, 6) is 0.759. The molecular weight excluding hydrogens is 292 g/mol. The van der Waals surface area contributed by atoms with Crippen molar-refractivity contribution in [1.29, 1.82) is 0 Å². The molecule has 0 radical (unpaired) electrons. The Bertz CT molecular complexity index is 769. The van der Waals surface area contributed by atoms with Crippen LogP contribution >= 0.6 is 22.9 Å². The number of rotatable bonds is 3. The van der Waals surface area contributed by atoms with E-state index in [4.69, 9.17) is 11.6 Å². The number of aryl methyl sites for hydroxylation is 2. The number of pyridine rings is 1. The van der Waals surface area contributed by atoms with E-state index in [9.17, 15) is 0 Å². The smallest absolute Gasteiger partial charge is 0.225 e. The summed E-state index contributed by atoms with van der Waals surface area (Å²) in [6.07, 6.45) is 1.79. The van der Waals surface area contributed by atoms with Gasteiger partial charge in [-0.2, -0.15) is 0 Å². The van der Waals surface area contributed by atoms with Crippen molar-refractivity contribution in [2.45, 2.75) is 20.4 Å². The van der Waals surface area contributed by atoms with Gasteiger partial charge < -0.3 is 5.32 Å². The Morgan fingerprint density at radius 2 is 2.15 bits per heavy atom. The molecule has 1 N–H and O–H groups in total. The van der Waals surface area contributed by atoms with E-state index < -0.39 is 0 Å². The second-order valence-electron chi connectivity index (χ2n) is 4.54. The van der Waals surface area contributed by atoms with Gasteiger partial charge in [0.05, 0.1) is 17.6 Å². The highest BCUT2D eigenvalue weighted by molar-refractivity contribution is 7.18. The Kier molecular flexibility index (Phi) is 3.54. The molecule has 0 atom stereocenters. The lowest BCUT2D eigenvalue weighted by atomic mass is 10.2. The number of nitrogens with zero attached hydrogens (tertiary/aromatic N) is 3. The van der Waals surface area contributed by atoms with Crippen molar-refractivity contribution in [1.82, 2.24) is 15.0 Å². The number of hydrogen-bond donors (Lipinski definition) is 1. The quantitative estimate of drug-likeness (QED) is 0.744. The Morgan fingerprint density at radius 3 is 2.95 bits per heavy atom. The van der Waals surface area contributed by atoms with E-state index in [-0.39, 0.29) is 5.28 Å². The maximum atomic E-state index is 5.97. The van der Waals surface area contributed by atoms with E-state index >= 15 is 0 Å². The van der Waals surface area contributed by atoms with Gasteiger partial charge in [0.15, 0.2) is 0 Å². The van der Waals surface area contributed by atoms with Gasteiger partial charge in [0.25, 0.3) is 0 Å². The van der Waals surface area contributed by atoms with Crippen molar-refractivity contribution in [3.63, 3.8) is 0 Å². The van der Waals surface area contributed by atoms with E-state index in [0.717, 1.165) is 27.3 Å². The molecule has 20 heavy (non-hydrogen) atoms. The van der Waals surface area contributed by atoms with Crippen LogP contribution < -0.4 is 5.32 Å². The largest absolute Gasteiger partial charge is 0.364 e. The third-order valence-electron chi connectivity index (χ3n) is 3.03. The highest BCUT2D eigenvalue weighted by atomic mass is 35.5. The van der Waals surface area contributed by atoms with E-state index in [1.807, 2.05) is 26.0 Å². The molecule has 0 aliphatic rings. The average Bonchev–Trinajstić information content (AvgIpc) is 2.77. The molecule has 0 fully saturated rings. The molecule has 0 saturated heterocycles. The van der Waals surface area contributed by atoms with Crippen LogP contribution in [0.5, 0.6) is 0 Å². The van der Waals surface area contributed by atoms with Gasteiger partial charge in [-0.05, 0) is 43.1 Å². The number of hydrogen-bond acceptors (Lipinski definition) is 5. The van der Waals surface area contributed by atoms with E-state index in [1.165, 1.54) is 4.88 Å². The molecule has 0 aliphatic heterocycles. The number of fused-ring (bicyclic) bond motifs is 1. The number of halogens is 1. The van der Waals surface area contributed by atoms with Gasteiger partial charge in [-0.1, -0.05) is 6.07 Å². The Labute approximate surface area is 125 Å². The first-order chi connectivity index (χ1) is 9.63. The zero-order chi connectivity index (χ0) is 14.1. The van der Waals surface area contributed by atoms with Crippen molar-refractivity contribution in [2.24, 2.45) is 0 Å². The minimum Gasteiger partial charge on any atom is -0.364 e. The third-order valence-corrected chi connectivity index (χ3v) is 4.14. The maximum Gasteiger partial charge on any atom is 0.225 e. The molecule has 4 nitrogen and oxygen atoms in total. The number of anilines is 1. The molecule has 0 aliphatic carbocycles. The van der Waals surface area contributed by atoms with Crippen LogP contribution in [0.4, 0.5) is 5.82 Å². The molecule has 0 amide bonds. The highest BCUT2D eigenvalue weighted by Crippen LogP contribution is 2.29. The van der Waals surface area contributed by atoms with Crippen LogP contribution in [-0.2, 0) is 6.54 Å². The summed E-state index contributed by atoms with van der Waals surface area (Å²) in [6, 6.07) is 6.05. The van der Waals surface area contributed by atoms with Crippen LogP contribution in [-0.4, -0.2) is 15.0 Å². The zero-order valence-corrected chi connectivity index (χ0v) is 12.7. The first-order valence-corrected chi connectivity index (χ1v) is 7.41. The molecule has 0 bridgehead atoms. The molecule has 102 valence electrons. The van der Waals surface area contributed by atoms with Crippen LogP contribution in [0.2, 0.25) is 5.28 Å². The molecule has 6 heteroatoms. The maximum absolute atomic E-state index is 5.97. The lowest BCUT2D eigenvalue weighted by Gasteiger charge is -2.08. The topological polar surface area (TPSA) is 50.7 Å². The molecule has 3 rings (SSSR count). The number of aromatic nitrogens is 3. The lowest BCUT2D eigenvalue weighted by Crippen LogP contribution is -2.05. The van der Waals surface area contributed by atoms with Gasteiger partial charge >= 0.3 is 0 Å². The van der Waals surface area contributed by atoms with Crippen molar-refractivity contribution < 1.29 is 0 Å². The van der Waals surface area contributed by atoms with Crippen LogP contribution in [0.1, 0.15) is 16.1 Å². The molecule has 3 heterocycles. The van der Waals surface area contributed by atoms with Crippen molar-refractivity contribution in [3.8, 4) is 0 Å². The van der Waals surface area contributed by atoms with Crippen LogP contribution in [0, 0.1) is 13.8 Å². The van der Waals surface area contributed by atoms with Gasteiger partial charge in [-0.3, -0.25) is 4.98 Å². The average molecular weight is 305 g/mol. The fourth-order valence-electron chi connectivity index (χ4n) is 2.02. The Balaban J connectivity index is 1.93. The summed E-state index contributed by atoms with van der Waals surface area (Å²) >= 11 is 7.59. The normalized spacial score (nSPS) is 10.9. The highest BCUT2D eigenvalue weighted by Gasteiger charge is 2.10. The predicted octanol–water partition coefficient (Wildman–Crippen LogP) is 3.97. The molecule has 0 aromatic carbocycles. The van der Waals surface area contributed by atoms with Gasteiger partial charge in [0.1, 0.15) is 10.6 Å². The monoisotopic (exact) mass is 304 g/mol. The minimum absolute atomic E-state index is 0.264. The number of nitrogens with one attached hydrogen (secondary N) is 1. The lowest BCUT2D eigenvalue weighted by molar-refractivity contribution is 1.01. The SMILES string of the molecule is Cc1cc2c(NCc3ncccc3C)nc(Cl)nc2s1. The third kappa shape index (κ3) is 2.59. The van der Waals surface area contributed by atoms with Crippen LogP contribution in [0.15, 0.2) is 24.4 Å². The first kappa shape index (κ1) is 13.3. The van der Waals surface area contributed by atoms with E-state index in [0.29, 0.717) is 6.54 Å². The summed E-state index contributed by atoms with van der Waals surface area (Å²) in [6.45, 7) is 4.71. The van der Waals surface area contributed by atoms with E-state index in [1.54, 1.807) is 17.5 Å². The molecule has 3 aromatic rings. The number of thiophene rings is 1. The molecular formula is C14H13ClN4S. The fourth-order valence-corrected chi connectivity index (χ4v) is 3.12. The van der Waals surface area contributed by atoms with Gasteiger partial charge in [-0.25, -0.2) is 9.97 Å². The van der Waals surface area contributed by atoms with Crippen molar-refractivity contribution >= 4 is 39.0 Å². The minimum atomic E-state index is 0.264. The van der Waals surface area contributed by atoms with Crippen molar-refractivity contribution in [3.05, 3.63) is 45.8 Å². The molecule has 0 saturated carbocycles. The zero-order valence-electron chi connectivity index (χ0n) is 11.1. The fraction of sp³-hybridized carbons (Fsp3) is 0.214. The summed E-state index contributed by atoms with van der Waals surface area (Å²) in [5.41, 5.74) is 2.15. The predicted molar refractivity (Wildman–Crippen MR) is 83.5 cm³/mol. The molecule has 0 spiro atoms. The summed E-state index contributed by atoms with van der Waals surface area (Å²) in [7, 11) is 0. The molecule has 3 aromatic heterocycles. The summed E-state index contributed by atoms with van der Waals surface area (Å²) < 4.78 is 0. The summed E-state index contributed by atoms with van der Waals surface area (Å²) in [4.78, 5) is 15.0. The van der Waals surface area contributed by atoms with Crippen LogP contribution in [0.3, 0.4) is 0 Å². The first-order valence-electron chi connectivity index (χ1n) is 6.21. The van der Waals surface area contributed by atoms with Crippen molar-refractivity contribution in [2.75, 3.05) is 5.32 Å². The Hall–Kier alpha value is -1.72. The van der Waals surface area contributed by atoms with Gasteiger partial charge in [0, 0.05) is 11.1 Å². The van der Waals surface area contributed by atoms with Crippen LogP contribution in [0.25, 0.3) is 10.2 Å². The summed E-state index contributed by atoms with van der Waals surface area (Å²) in [5, 5.41) is 4.58. The van der Waals surface area contributed by atoms with Gasteiger partial charge in [-0.15, -0.1) is 11.3 Å². The van der Waals surface area contributed by atoms with Gasteiger partial charge in [0.2, 0.25) is 5.28 Å². The van der Waals surface area contributed by atoms with E-state index in [2.05, 4.69) is 26.3 Å². The second kappa shape index (κ2) is 5.34. The Morgan fingerprint density at radius 1 is 1.30 bits per heavy atom.